The zero-order valence-corrected chi connectivity index (χ0v) is 13.1. The summed E-state index contributed by atoms with van der Waals surface area (Å²) in [5.74, 6) is 0.0222. The minimum absolute atomic E-state index is 0.0433. The van der Waals surface area contributed by atoms with Crippen molar-refractivity contribution in [1.29, 1.82) is 0 Å². The number of ether oxygens (including phenoxy) is 1. The lowest BCUT2D eigenvalue weighted by molar-refractivity contribution is -0.124. The van der Waals surface area contributed by atoms with Crippen LogP contribution in [0.4, 0.5) is 0 Å². The third kappa shape index (κ3) is 6.22. The predicted molar refractivity (Wildman–Crippen MR) is 83.7 cm³/mol. The summed E-state index contributed by atoms with van der Waals surface area (Å²) in [7, 11) is 0. The molecule has 2 amide bonds. The summed E-state index contributed by atoms with van der Waals surface area (Å²) in [6.07, 6.45) is 0.311. The number of aryl methyl sites for hydroxylation is 2. The molecule has 0 saturated heterocycles. The van der Waals surface area contributed by atoms with Crippen LogP contribution in [0.2, 0.25) is 0 Å². The Balaban J connectivity index is 2.34. The Morgan fingerprint density at radius 3 is 2.52 bits per heavy atom. The first-order chi connectivity index (χ1) is 9.92. The van der Waals surface area contributed by atoms with Gasteiger partial charge in [-0.1, -0.05) is 24.6 Å². The van der Waals surface area contributed by atoms with Crippen LogP contribution in [0.1, 0.15) is 24.5 Å². The molecule has 3 N–H and O–H groups in total. The standard InChI is InChI=1S/C14H19N3O3S/c1-4-12(18)15-14(21)17-16-13(19)8-20-11-6-5-9(2)7-10(11)3/h5-7H,4,8H2,1-3H3,(H,16,19)(H2,15,17,18,21). The maximum absolute atomic E-state index is 11.6. The van der Waals surface area contributed by atoms with Gasteiger partial charge in [0, 0.05) is 6.42 Å². The summed E-state index contributed by atoms with van der Waals surface area (Å²) in [6, 6.07) is 5.70. The van der Waals surface area contributed by atoms with Gasteiger partial charge >= 0.3 is 0 Å². The minimum atomic E-state index is -0.400. The van der Waals surface area contributed by atoms with E-state index in [1.807, 2.05) is 32.0 Å². The van der Waals surface area contributed by atoms with Gasteiger partial charge in [0.25, 0.3) is 5.91 Å². The molecule has 21 heavy (non-hydrogen) atoms. The maximum Gasteiger partial charge on any atom is 0.276 e. The number of rotatable bonds is 4. The molecule has 0 saturated carbocycles. The van der Waals surface area contributed by atoms with Gasteiger partial charge in [-0.3, -0.25) is 20.4 Å². The van der Waals surface area contributed by atoms with E-state index in [1.165, 1.54) is 0 Å². The summed E-state index contributed by atoms with van der Waals surface area (Å²) < 4.78 is 5.41. The summed E-state index contributed by atoms with van der Waals surface area (Å²) >= 11 is 4.83. The molecule has 0 bridgehead atoms. The number of hydrazine groups is 1. The average Bonchev–Trinajstić information content (AvgIpc) is 2.44. The third-order valence-corrected chi connectivity index (χ3v) is 2.78. The number of carbonyl (C=O) groups excluding carboxylic acids is 2. The normalized spacial score (nSPS) is 9.67. The van der Waals surface area contributed by atoms with Gasteiger partial charge in [0.2, 0.25) is 5.91 Å². The summed E-state index contributed by atoms with van der Waals surface area (Å²) in [5, 5.41) is 2.44. The van der Waals surface area contributed by atoms with Crippen molar-refractivity contribution in [3.8, 4) is 5.75 Å². The Kier molecular flexibility index (Phi) is 6.61. The number of carbonyl (C=O) groups is 2. The molecule has 0 spiro atoms. The first kappa shape index (κ1) is 16.9. The van der Waals surface area contributed by atoms with E-state index in [1.54, 1.807) is 6.92 Å². The highest BCUT2D eigenvalue weighted by atomic mass is 32.1. The van der Waals surface area contributed by atoms with Crippen LogP contribution in [0, 0.1) is 13.8 Å². The molecule has 7 heteroatoms. The van der Waals surface area contributed by atoms with E-state index >= 15 is 0 Å². The SMILES string of the molecule is CCC(=O)NC(=S)NNC(=O)COc1ccc(C)cc1C. The van der Waals surface area contributed by atoms with Crippen molar-refractivity contribution < 1.29 is 14.3 Å². The van der Waals surface area contributed by atoms with Crippen LogP contribution < -0.4 is 20.9 Å². The molecule has 6 nitrogen and oxygen atoms in total. The van der Waals surface area contributed by atoms with Crippen molar-refractivity contribution >= 4 is 29.1 Å². The molecule has 0 heterocycles. The fourth-order valence-electron chi connectivity index (χ4n) is 1.51. The van der Waals surface area contributed by atoms with Gasteiger partial charge in [-0.2, -0.15) is 0 Å². The molecule has 0 aliphatic carbocycles. The van der Waals surface area contributed by atoms with Crippen LogP contribution >= 0.6 is 12.2 Å². The van der Waals surface area contributed by atoms with Gasteiger partial charge in [-0.25, -0.2) is 0 Å². The van der Waals surface area contributed by atoms with E-state index in [0.29, 0.717) is 12.2 Å². The molecular weight excluding hydrogens is 290 g/mol. The molecule has 0 radical (unpaired) electrons. The Hall–Kier alpha value is -2.15. The largest absolute Gasteiger partial charge is 0.483 e. The van der Waals surface area contributed by atoms with Crippen LogP contribution in [0.15, 0.2) is 18.2 Å². The number of hydrogen-bond donors (Lipinski definition) is 3. The van der Waals surface area contributed by atoms with Crippen molar-refractivity contribution in [1.82, 2.24) is 16.2 Å². The quantitative estimate of drug-likeness (QED) is 0.574. The van der Waals surface area contributed by atoms with Gasteiger partial charge < -0.3 is 10.1 Å². The second-order valence-corrected chi connectivity index (χ2v) is 4.87. The second-order valence-electron chi connectivity index (χ2n) is 4.46. The lowest BCUT2D eigenvalue weighted by Crippen LogP contribution is -2.49. The van der Waals surface area contributed by atoms with Gasteiger partial charge in [-0.15, -0.1) is 0 Å². The first-order valence-corrected chi connectivity index (χ1v) is 6.92. The summed E-state index contributed by atoms with van der Waals surface area (Å²) in [4.78, 5) is 22.7. The lowest BCUT2D eigenvalue weighted by Gasteiger charge is -2.12. The molecule has 1 rings (SSSR count). The van der Waals surface area contributed by atoms with Crippen LogP contribution in [-0.4, -0.2) is 23.5 Å². The van der Waals surface area contributed by atoms with E-state index < -0.39 is 5.91 Å². The number of thiocarbonyl (C=S) groups is 1. The zero-order chi connectivity index (χ0) is 15.8. The van der Waals surface area contributed by atoms with Gasteiger partial charge in [0.15, 0.2) is 11.7 Å². The Labute approximate surface area is 129 Å². The monoisotopic (exact) mass is 309 g/mol. The number of nitrogens with one attached hydrogen (secondary N) is 3. The molecule has 0 atom stereocenters. The van der Waals surface area contributed by atoms with Crippen LogP contribution in [0.25, 0.3) is 0 Å². The maximum atomic E-state index is 11.6. The minimum Gasteiger partial charge on any atom is -0.483 e. The van der Waals surface area contributed by atoms with E-state index in [0.717, 1.165) is 11.1 Å². The fourth-order valence-corrected chi connectivity index (χ4v) is 1.68. The fraction of sp³-hybridized carbons (Fsp3) is 0.357. The summed E-state index contributed by atoms with van der Waals surface area (Å²) in [5.41, 5.74) is 6.86. The van der Waals surface area contributed by atoms with Crippen LogP contribution in [0.3, 0.4) is 0 Å². The topological polar surface area (TPSA) is 79.5 Å². The van der Waals surface area contributed by atoms with Gasteiger partial charge in [0.05, 0.1) is 0 Å². The number of benzene rings is 1. The smallest absolute Gasteiger partial charge is 0.276 e. The number of hydrogen-bond acceptors (Lipinski definition) is 4. The van der Waals surface area contributed by atoms with Gasteiger partial charge in [0.1, 0.15) is 5.75 Å². The first-order valence-electron chi connectivity index (χ1n) is 6.51. The number of amides is 2. The molecule has 0 aliphatic rings. The summed E-state index contributed by atoms with van der Waals surface area (Å²) in [6.45, 7) is 5.45. The van der Waals surface area contributed by atoms with E-state index in [2.05, 4.69) is 16.2 Å². The van der Waals surface area contributed by atoms with Crippen molar-refractivity contribution in [3.05, 3.63) is 29.3 Å². The Morgan fingerprint density at radius 1 is 1.19 bits per heavy atom. The molecule has 114 valence electrons. The van der Waals surface area contributed by atoms with Crippen LogP contribution in [-0.2, 0) is 9.59 Å². The molecule has 1 aromatic carbocycles. The van der Waals surface area contributed by atoms with E-state index in [9.17, 15) is 9.59 Å². The van der Waals surface area contributed by atoms with E-state index in [4.69, 9.17) is 17.0 Å². The van der Waals surface area contributed by atoms with Crippen LogP contribution in [0.5, 0.6) is 5.75 Å². The van der Waals surface area contributed by atoms with Crippen molar-refractivity contribution in [2.24, 2.45) is 0 Å². The van der Waals surface area contributed by atoms with Gasteiger partial charge in [-0.05, 0) is 37.7 Å². The zero-order valence-electron chi connectivity index (χ0n) is 12.3. The molecule has 0 unspecified atom stereocenters. The van der Waals surface area contributed by atoms with Crippen molar-refractivity contribution in [2.75, 3.05) is 6.61 Å². The molecule has 1 aromatic rings. The van der Waals surface area contributed by atoms with Crippen molar-refractivity contribution in [2.45, 2.75) is 27.2 Å². The molecule has 0 fully saturated rings. The average molecular weight is 309 g/mol. The second kappa shape index (κ2) is 8.21. The highest BCUT2D eigenvalue weighted by Gasteiger charge is 2.06. The molecule has 0 aromatic heterocycles. The Morgan fingerprint density at radius 2 is 1.90 bits per heavy atom. The van der Waals surface area contributed by atoms with Crippen molar-refractivity contribution in [3.63, 3.8) is 0 Å². The highest BCUT2D eigenvalue weighted by molar-refractivity contribution is 7.80. The Bertz CT molecular complexity index is 546. The lowest BCUT2D eigenvalue weighted by atomic mass is 10.1. The molecule has 0 aliphatic heterocycles. The van der Waals surface area contributed by atoms with E-state index in [-0.39, 0.29) is 17.6 Å². The third-order valence-electron chi connectivity index (χ3n) is 2.58. The predicted octanol–water partition coefficient (Wildman–Crippen LogP) is 1.11. The highest BCUT2D eigenvalue weighted by Crippen LogP contribution is 2.18. The molecular formula is C14H19N3O3S.